The number of methoxy groups -OCH3 is 1. The molecule has 1 aliphatic rings. The van der Waals surface area contributed by atoms with Crippen LogP contribution in [-0.2, 0) is 12.8 Å². The van der Waals surface area contributed by atoms with E-state index in [1.165, 1.54) is 22.2 Å². The van der Waals surface area contributed by atoms with Crippen LogP contribution in [-0.4, -0.2) is 35.6 Å². The highest BCUT2D eigenvalue weighted by atomic mass is 32.2. The van der Waals surface area contributed by atoms with Crippen molar-refractivity contribution in [3.63, 3.8) is 0 Å². The Morgan fingerprint density at radius 1 is 1.00 bits per heavy atom. The number of benzene rings is 2. The van der Waals surface area contributed by atoms with Crippen LogP contribution in [0.2, 0.25) is 0 Å². The molecule has 0 atom stereocenters. The van der Waals surface area contributed by atoms with Crippen molar-refractivity contribution in [2.45, 2.75) is 31.3 Å². The molecule has 176 valence electrons. The van der Waals surface area contributed by atoms with E-state index in [0.29, 0.717) is 24.1 Å². The van der Waals surface area contributed by atoms with E-state index in [-0.39, 0.29) is 5.56 Å². The third-order valence-corrected chi connectivity index (χ3v) is 7.85. The summed E-state index contributed by atoms with van der Waals surface area (Å²) in [5, 5.41) is 1.46. The third kappa shape index (κ3) is 4.52. The predicted octanol–water partition coefficient (Wildman–Crippen LogP) is 5.51. The van der Waals surface area contributed by atoms with Crippen molar-refractivity contribution in [2.75, 3.05) is 26.1 Å². The van der Waals surface area contributed by atoms with Gasteiger partial charge < -0.3 is 14.2 Å². The normalized spacial score (nSPS) is 12.6. The highest BCUT2D eigenvalue weighted by Gasteiger charge is 2.24. The Morgan fingerprint density at radius 3 is 2.44 bits per heavy atom. The molecule has 6 nitrogen and oxygen atoms in total. The minimum Gasteiger partial charge on any atom is -0.497 e. The first kappa shape index (κ1) is 22.8. The lowest BCUT2D eigenvalue weighted by Gasteiger charge is -2.13. The average Bonchev–Trinajstić information content (AvgIpc) is 3.44. The van der Waals surface area contributed by atoms with Crippen molar-refractivity contribution in [3.8, 4) is 22.9 Å². The Balaban J connectivity index is 1.43. The van der Waals surface area contributed by atoms with Gasteiger partial charge in [-0.15, -0.1) is 11.3 Å². The summed E-state index contributed by atoms with van der Waals surface area (Å²) in [6.45, 7) is 3.05. The van der Waals surface area contributed by atoms with Crippen molar-refractivity contribution in [2.24, 2.45) is 0 Å². The van der Waals surface area contributed by atoms with E-state index < -0.39 is 0 Å². The first-order valence-electron chi connectivity index (χ1n) is 11.4. The first-order valence-corrected chi connectivity index (χ1v) is 13.2. The van der Waals surface area contributed by atoms with Crippen molar-refractivity contribution >= 4 is 33.3 Å². The second-order valence-electron chi connectivity index (χ2n) is 7.87. The zero-order chi connectivity index (χ0) is 23.5. The van der Waals surface area contributed by atoms with Crippen LogP contribution in [0.15, 0.2) is 58.5 Å². The van der Waals surface area contributed by atoms with E-state index in [2.05, 4.69) is 0 Å². The number of rotatable bonds is 9. The molecule has 0 saturated carbocycles. The fourth-order valence-corrected chi connectivity index (χ4v) is 6.30. The van der Waals surface area contributed by atoms with Gasteiger partial charge in [0.05, 0.1) is 31.4 Å². The number of hydrogen-bond donors (Lipinski definition) is 0. The molecule has 34 heavy (non-hydrogen) atoms. The number of aryl methyl sites for hydroxylation is 2. The van der Waals surface area contributed by atoms with E-state index in [1.54, 1.807) is 23.0 Å². The number of fused-ring (bicyclic) bond motifs is 3. The number of ether oxygens (including phenoxy) is 3. The number of hydrogen-bond acceptors (Lipinski definition) is 7. The summed E-state index contributed by atoms with van der Waals surface area (Å²) < 4.78 is 18.4. The smallest absolute Gasteiger partial charge is 0.267 e. The molecule has 2 aromatic heterocycles. The van der Waals surface area contributed by atoms with Gasteiger partial charge in [-0.25, -0.2) is 4.98 Å². The van der Waals surface area contributed by atoms with Crippen molar-refractivity contribution in [3.05, 3.63) is 69.3 Å². The fourth-order valence-electron chi connectivity index (χ4n) is 4.17. The second kappa shape index (κ2) is 10.1. The minimum atomic E-state index is 0.00660. The first-order chi connectivity index (χ1) is 16.7. The number of nitrogens with zero attached hydrogens (tertiary/aromatic N) is 2. The fraction of sp³-hybridized carbons (Fsp3) is 0.308. The molecular weight excluding hydrogens is 468 g/mol. The minimum absolute atomic E-state index is 0.00660. The predicted molar refractivity (Wildman–Crippen MR) is 138 cm³/mol. The summed E-state index contributed by atoms with van der Waals surface area (Å²) >= 11 is 3.20. The van der Waals surface area contributed by atoms with Gasteiger partial charge in [-0.2, -0.15) is 0 Å². The number of thioether (sulfide) groups is 1. The lowest BCUT2D eigenvalue weighted by Crippen LogP contribution is -2.22. The SMILES string of the molecule is CCOc1ccc(-n2c(SCCOc3ccc(OC)cc3)nc3sc4c(c3c2=O)CCC4)cc1. The largest absolute Gasteiger partial charge is 0.497 e. The van der Waals surface area contributed by atoms with Gasteiger partial charge in [-0.3, -0.25) is 9.36 Å². The van der Waals surface area contributed by atoms with Crippen molar-refractivity contribution in [1.29, 1.82) is 0 Å². The Hall–Kier alpha value is -2.97. The van der Waals surface area contributed by atoms with E-state index in [4.69, 9.17) is 19.2 Å². The monoisotopic (exact) mass is 494 g/mol. The summed E-state index contributed by atoms with van der Waals surface area (Å²) in [5.41, 5.74) is 1.99. The maximum Gasteiger partial charge on any atom is 0.267 e. The summed E-state index contributed by atoms with van der Waals surface area (Å²) in [4.78, 5) is 20.8. The van der Waals surface area contributed by atoms with Crippen molar-refractivity contribution in [1.82, 2.24) is 9.55 Å². The average molecular weight is 495 g/mol. The molecule has 0 N–H and O–H groups in total. The van der Waals surface area contributed by atoms with Gasteiger partial charge in [0.2, 0.25) is 0 Å². The highest BCUT2D eigenvalue weighted by molar-refractivity contribution is 7.99. The number of aromatic nitrogens is 2. The molecular formula is C26H26N2O4S2. The molecule has 0 saturated heterocycles. The molecule has 0 radical (unpaired) electrons. The zero-order valence-electron chi connectivity index (χ0n) is 19.2. The molecule has 0 bridgehead atoms. The van der Waals surface area contributed by atoms with E-state index in [9.17, 15) is 4.79 Å². The lowest BCUT2D eigenvalue weighted by molar-refractivity contribution is 0.340. The maximum atomic E-state index is 13.7. The molecule has 2 heterocycles. The molecule has 0 amide bonds. The third-order valence-electron chi connectivity index (χ3n) is 5.76. The second-order valence-corrected chi connectivity index (χ2v) is 10.0. The van der Waals surface area contributed by atoms with Gasteiger partial charge in [-0.1, -0.05) is 11.8 Å². The lowest BCUT2D eigenvalue weighted by atomic mass is 10.2. The Morgan fingerprint density at radius 2 is 1.71 bits per heavy atom. The van der Waals surface area contributed by atoms with Gasteiger partial charge in [0.1, 0.15) is 22.1 Å². The Bertz CT molecular complexity index is 1340. The molecule has 0 spiro atoms. The van der Waals surface area contributed by atoms with Crippen LogP contribution in [0.25, 0.3) is 15.9 Å². The van der Waals surface area contributed by atoms with Crippen LogP contribution in [0.5, 0.6) is 17.2 Å². The molecule has 0 unspecified atom stereocenters. The van der Waals surface area contributed by atoms with Crippen LogP contribution in [0.4, 0.5) is 0 Å². The zero-order valence-corrected chi connectivity index (χ0v) is 20.8. The Kier molecular flexibility index (Phi) is 6.78. The van der Waals surface area contributed by atoms with Crippen LogP contribution in [0, 0.1) is 0 Å². The highest BCUT2D eigenvalue weighted by Crippen LogP contribution is 2.36. The standard InChI is InChI=1S/C26H26N2O4S2/c1-3-31-19-9-7-17(8-10-19)28-25(29)23-21-5-4-6-22(21)34-24(23)27-26(28)33-16-15-32-20-13-11-18(30-2)12-14-20/h7-14H,3-6,15-16H2,1-2H3. The Labute approximate surface area is 206 Å². The van der Waals surface area contributed by atoms with Gasteiger partial charge >= 0.3 is 0 Å². The topological polar surface area (TPSA) is 62.6 Å². The summed E-state index contributed by atoms with van der Waals surface area (Å²) in [7, 11) is 1.64. The van der Waals surface area contributed by atoms with Crippen LogP contribution in [0.3, 0.4) is 0 Å². The number of thiophene rings is 1. The molecule has 1 aliphatic carbocycles. The molecule has 0 aliphatic heterocycles. The van der Waals surface area contributed by atoms with Gasteiger partial charge in [0, 0.05) is 10.6 Å². The van der Waals surface area contributed by atoms with Crippen LogP contribution < -0.4 is 19.8 Å². The van der Waals surface area contributed by atoms with E-state index >= 15 is 0 Å². The van der Waals surface area contributed by atoms with Crippen molar-refractivity contribution < 1.29 is 14.2 Å². The van der Waals surface area contributed by atoms with E-state index in [1.807, 2.05) is 55.5 Å². The summed E-state index contributed by atoms with van der Waals surface area (Å²) in [5.74, 6) is 3.02. The van der Waals surface area contributed by atoms with E-state index in [0.717, 1.165) is 52.4 Å². The quantitative estimate of drug-likeness (QED) is 0.174. The molecule has 2 aromatic carbocycles. The van der Waals surface area contributed by atoms with Crippen LogP contribution >= 0.6 is 23.1 Å². The van der Waals surface area contributed by atoms with Gasteiger partial charge in [0.15, 0.2) is 5.16 Å². The maximum absolute atomic E-state index is 13.7. The summed E-state index contributed by atoms with van der Waals surface area (Å²) in [6, 6.07) is 15.2. The molecule has 4 aromatic rings. The molecule has 8 heteroatoms. The van der Waals surface area contributed by atoms with Gasteiger partial charge in [-0.05, 0) is 80.3 Å². The molecule has 5 rings (SSSR count). The van der Waals surface area contributed by atoms with Gasteiger partial charge in [0.25, 0.3) is 5.56 Å². The summed E-state index contributed by atoms with van der Waals surface area (Å²) in [6.07, 6.45) is 3.10. The molecule has 0 fully saturated rings. The van der Waals surface area contributed by atoms with Crippen LogP contribution in [0.1, 0.15) is 23.8 Å².